The first kappa shape index (κ1) is 33.1. The number of hydrogen-bond acceptors (Lipinski definition) is 4. The van der Waals surface area contributed by atoms with Gasteiger partial charge in [0.05, 0.1) is 10.6 Å². The molecular weight excluding hydrogens is 617 g/mol. The van der Waals surface area contributed by atoms with Crippen molar-refractivity contribution in [3.63, 3.8) is 0 Å². The fourth-order valence-corrected chi connectivity index (χ4v) is 6.41. The van der Waals surface area contributed by atoms with Crippen molar-refractivity contribution in [1.82, 2.24) is 10.2 Å². The summed E-state index contributed by atoms with van der Waals surface area (Å²) in [5.74, 6) is -0.940. The molecule has 230 valence electrons. The van der Waals surface area contributed by atoms with Crippen LogP contribution >= 0.6 is 23.2 Å². The lowest BCUT2D eigenvalue weighted by atomic mass is 10.0. The van der Waals surface area contributed by atoms with Crippen LogP contribution in [0.2, 0.25) is 10.0 Å². The van der Waals surface area contributed by atoms with Gasteiger partial charge < -0.3 is 10.2 Å². The molecule has 0 saturated carbocycles. The fraction of sp³-hybridized carbons (Fsp3) is 0.235. The van der Waals surface area contributed by atoms with Crippen LogP contribution in [0.3, 0.4) is 0 Å². The van der Waals surface area contributed by atoms with Gasteiger partial charge in [-0.2, -0.15) is 0 Å². The van der Waals surface area contributed by atoms with Gasteiger partial charge in [0.1, 0.15) is 12.6 Å². The van der Waals surface area contributed by atoms with Crippen LogP contribution in [-0.2, 0) is 32.6 Å². The zero-order chi connectivity index (χ0) is 31.9. The number of halogens is 2. The number of nitrogens with one attached hydrogen (secondary N) is 1. The van der Waals surface area contributed by atoms with Gasteiger partial charge in [-0.15, -0.1) is 0 Å². The highest BCUT2D eigenvalue weighted by atomic mass is 35.5. The third-order valence-electron chi connectivity index (χ3n) is 6.79. The minimum Gasteiger partial charge on any atom is -0.350 e. The van der Waals surface area contributed by atoms with E-state index in [2.05, 4.69) is 5.32 Å². The van der Waals surface area contributed by atoms with Crippen molar-refractivity contribution >= 4 is 50.7 Å². The number of benzene rings is 4. The summed E-state index contributed by atoms with van der Waals surface area (Å²) in [6.45, 7) is 5.01. The predicted molar refractivity (Wildman–Crippen MR) is 176 cm³/mol. The molecule has 10 heteroatoms. The molecule has 4 aromatic carbocycles. The van der Waals surface area contributed by atoms with Gasteiger partial charge in [0.15, 0.2) is 0 Å². The van der Waals surface area contributed by atoms with E-state index in [1.165, 1.54) is 29.2 Å². The van der Waals surface area contributed by atoms with Crippen molar-refractivity contribution < 1.29 is 18.0 Å². The highest BCUT2D eigenvalue weighted by Gasteiger charge is 2.35. The van der Waals surface area contributed by atoms with Crippen LogP contribution in [0, 0.1) is 0 Å². The standard InChI is InChI=1S/C34H35Cl2N3O4S/c1-34(2,3)37-33(41)31(22-25-12-6-4-7-13-25)38(23-26-14-10-11-17-30(26)36)32(40)24-39(28-15-8-5-9-16-28)44(42,43)29-20-18-27(35)19-21-29/h4-21,31H,22-24H2,1-3H3,(H,37,41). The third kappa shape index (κ3) is 8.62. The molecule has 1 atom stereocenters. The zero-order valence-corrected chi connectivity index (χ0v) is 27.1. The number of carbonyl (C=O) groups excluding carboxylic acids is 2. The minimum absolute atomic E-state index is 0.0167. The average molecular weight is 653 g/mol. The van der Waals surface area contributed by atoms with E-state index in [1.807, 2.05) is 51.1 Å². The molecular formula is C34H35Cl2N3O4S. The largest absolute Gasteiger partial charge is 0.350 e. The van der Waals surface area contributed by atoms with Crippen molar-refractivity contribution in [3.05, 3.63) is 130 Å². The molecule has 0 fully saturated rings. The maximum atomic E-state index is 14.5. The van der Waals surface area contributed by atoms with E-state index >= 15 is 0 Å². The van der Waals surface area contributed by atoms with Crippen molar-refractivity contribution in [2.75, 3.05) is 10.8 Å². The molecule has 4 rings (SSSR count). The van der Waals surface area contributed by atoms with Gasteiger partial charge in [-0.25, -0.2) is 8.42 Å². The lowest BCUT2D eigenvalue weighted by Gasteiger charge is -2.35. The second kappa shape index (κ2) is 14.3. The first-order valence-electron chi connectivity index (χ1n) is 14.1. The van der Waals surface area contributed by atoms with Crippen LogP contribution < -0.4 is 9.62 Å². The molecule has 0 heterocycles. The molecule has 7 nitrogen and oxygen atoms in total. The summed E-state index contributed by atoms with van der Waals surface area (Å²) in [5.41, 5.74) is 1.18. The molecule has 1 unspecified atom stereocenters. The molecule has 0 radical (unpaired) electrons. The monoisotopic (exact) mass is 651 g/mol. The Labute approximate surface area is 269 Å². The first-order chi connectivity index (χ1) is 20.8. The summed E-state index contributed by atoms with van der Waals surface area (Å²) in [5, 5.41) is 3.82. The van der Waals surface area contributed by atoms with Crippen LogP contribution in [0.5, 0.6) is 0 Å². The van der Waals surface area contributed by atoms with E-state index in [1.54, 1.807) is 54.6 Å². The van der Waals surface area contributed by atoms with E-state index in [9.17, 15) is 18.0 Å². The summed E-state index contributed by atoms with van der Waals surface area (Å²) in [4.78, 5) is 29.8. The number of sulfonamides is 1. The molecule has 0 aliphatic rings. The van der Waals surface area contributed by atoms with E-state index in [-0.39, 0.29) is 23.8 Å². The summed E-state index contributed by atoms with van der Waals surface area (Å²) >= 11 is 12.6. The lowest BCUT2D eigenvalue weighted by molar-refractivity contribution is -0.140. The third-order valence-corrected chi connectivity index (χ3v) is 9.20. The SMILES string of the molecule is CC(C)(C)NC(=O)C(Cc1ccccc1)N(Cc1ccccc1Cl)C(=O)CN(c1ccccc1)S(=O)(=O)c1ccc(Cl)cc1. The molecule has 1 N–H and O–H groups in total. The highest BCUT2D eigenvalue weighted by Crippen LogP contribution is 2.27. The Hall–Kier alpha value is -3.85. The Morgan fingerprint density at radius 3 is 1.95 bits per heavy atom. The van der Waals surface area contributed by atoms with Crippen molar-refractivity contribution in [2.45, 2.75) is 50.2 Å². The first-order valence-corrected chi connectivity index (χ1v) is 16.3. The van der Waals surface area contributed by atoms with Gasteiger partial charge >= 0.3 is 0 Å². The molecule has 2 amide bonds. The van der Waals surface area contributed by atoms with Gasteiger partial charge in [0.2, 0.25) is 11.8 Å². The highest BCUT2D eigenvalue weighted by molar-refractivity contribution is 7.92. The van der Waals surface area contributed by atoms with Crippen LogP contribution in [0.4, 0.5) is 5.69 Å². The normalized spacial score (nSPS) is 12.3. The van der Waals surface area contributed by atoms with Gasteiger partial charge in [-0.3, -0.25) is 13.9 Å². The molecule has 44 heavy (non-hydrogen) atoms. The molecule has 0 aliphatic carbocycles. The van der Waals surface area contributed by atoms with Gasteiger partial charge in [0, 0.05) is 28.5 Å². The van der Waals surface area contributed by atoms with Crippen LogP contribution in [0.1, 0.15) is 31.9 Å². The summed E-state index contributed by atoms with van der Waals surface area (Å²) in [6.07, 6.45) is 0.203. The van der Waals surface area contributed by atoms with Gasteiger partial charge in [-0.1, -0.05) is 89.9 Å². The average Bonchev–Trinajstić information content (AvgIpc) is 2.98. The maximum absolute atomic E-state index is 14.5. The molecule has 0 bridgehead atoms. The Morgan fingerprint density at radius 2 is 1.36 bits per heavy atom. The molecule has 0 aliphatic heterocycles. The number of hydrogen-bond donors (Lipinski definition) is 1. The summed E-state index contributed by atoms with van der Waals surface area (Å²) in [6, 6.07) is 29.6. The Kier molecular flexibility index (Phi) is 10.7. The Balaban J connectivity index is 1.81. The molecule has 0 aromatic heterocycles. The number of para-hydroxylation sites is 1. The van der Waals surface area contributed by atoms with Crippen molar-refractivity contribution in [2.24, 2.45) is 0 Å². The lowest BCUT2D eigenvalue weighted by Crippen LogP contribution is -2.56. The Morgan fingerprint density at radius 1 is 0.795 bits per heavy atom. The molecule has 4 aromatic rings. The Bertz CT molecular complexity index is 1680. The number of nitrogens with zero attached hydrogens (tertiary/aromatic N) is 2. The predicted octanol–water partition coefficient (Wildman–Crippen LogP) is 6.74. The number of rotatable bonds is 11. The zero-order valence-electron chi connectivity index (χ0n) is 24.8. The summed E-state index contributed by atoms with van der Waals surface area (Å²) in [7, 11) is -4.21. The quantitative estimate of drug-likeness (QED) is 0.194. The fourth-order valence-electron chi connectivity index (χ4n) is 4.67. The number of anilines is 1. The van der Waals surface area contributed by atoms with E-state index in [4.69, 9.17) is 23.2 Å². The molecule has 0 spiro atoms. The second-order valence-electron chi connectivity index (χ2n) is 11.4. The van der Waals surface area contributed by atoms with Crippen LogP contribution in [0.15, 0.2) is 114 Å². The van der Waals surface area contributed by atoms with Gasteiger partial charge in [0.25, 0.3) is 10.0 Å². The topological polar surface area (TPSA) is 86.8 Å². The van der Waals surface area contributed by atoms with Crippen molar-refractivity contribution in [1.29, 1.82) is 0 Å². The summed E-state index contributed by atoms with van der Waals surface area (Å²) < 4.78 is 29.1. The number of amides is 2. The second-order valence-corrected chi connectivity index (χ2v) is 14.1. The number of carbonyl (C=O) groups is 2. The van der Waals surface area contributed by atoms with Crippen molar-refractivity contribution in [3.8, 4) is 0 Å². The van der Waals surface area contributed by atoms with Crippen LogP contribution in [-0.4, -0.2) is 43.3 Å². The maximum Gasteiger partial charge on any atom is 0.264 e. The van der Waals surface area contributed by atoms with Crippen LogP contribution in [0.25, 0.3) is 0 Å². The smallest absolute Gasteiger partial charge is 0.264 e. The minimum atomic E-state index is -4.21. The molecule has 0 saturated heterocycles. The van der Waals surface area contributed by atoms with E-state index < -0.39 is 34.1 Å². The van der Waals surface area contributed by atoms with Gasteiger partial charge in [-0.05, 0) is 74.4 Å². The van der Waals surface area contributed by atoms with E-state index in [0.717, 1.165) is 9.87 Å². The van der Waals surface area contributed by atoms with E-state index in [0.29, 0.717) is 21.3 Å².